The fraction of sp³-hybridized carbons (Fsp3) is 0.500. The van der Waals surface area contributed by atoms with Crippen LogP contribution in [0.2, 0.25) is 0 Å². The lowest BCUT2D eigenvalue weighted by molar-refractivity contribution is 0.374. The molecule has 1 saturated carbocycles. The molecule has 3 aliphatic heterocycles. The fourth-order valence-corrected chi connectivity index (χ4v) is 4.01. The maximum Gasteiger partial charge on any atom is 0.226 e. The molecular weight excluding hydrogens is 286 g/mol. The number of hydrogen-bond donors (Lipinski definition) is 2. The third-order valence-corrected chi connectivity index (χ3v) is 5.66. The largest absolute Gasteiger partial charge is 0.352 e. The Hall–Kier alpha value is -2.01. The number of fused-ring (bicyclic) bond motifs is 4. The molecule has 118 valence electrons. The summed E-state index contributed by atoms with van der Waals surface area (Å²) in [4.78, 5) is 14.2. The summed E-state index contributed by atoms with van der Waals surface area (Å²) in [5, 5.41) is 3.40. The molecule has 5 nitrogen and oxygen atoms in total. The van der Waals surface area contributed by atoms with Crippen molar-refractivity contribution in [1.29, 1.82) is 0 Å². The zero-order valence-corrected chi connectivity index (χ0v) is 13.2. The van der Waals surface area contributed by atoms with Gasteiger partial charge >= 0.3 is 0 Å². The van der Waals surface area contributed by atoms with Gasteiger partial charge in [-0.05, 0) is 37.7 Å². The first-order valence-corrected chi connectivity index (χ1v) is 8.53. The average Bonchev–Trinajstić information content (AvgIpc) is 3.33. The van der Waals surface area contributed by atoms with Crippen molar-refractivity contribution in [3.63, 3.8) is 0 Å². The van der Waals surface area contributed by atoms with Crippen LogP contribution in [0.5, 0.6) is 0 Å². The van der Waals surface area contributed by atoms with Crippen molar-refractivity contribution < 1.29 is 0 Å². The van der Waals surface area contributed by atoms with Crippen LogP contribution in [0.3, 0.4) is 0 Å². The number of rotatable bonds is 0. The zero-order valence-electron chi connectivity index (χ0n) is 13.2. The highest BCUT2D eigenvalue weighted by atomic mass is 15.2. The zero-order chi connectivity index (χ0) is 15.5. The summed E-state index contributed by atoms with van der Waals surface area (Å²) in [6.45, 7) is 0.698. The average molecular weight is 307 g/mol. The van der Waals surface area contributed by atoms with Gasteiger partial charge in [0.1, 0.15) is 5.82 Å². The van der Waals surface area contributed by atoms with Crippen LogP contribution >= 0.6 is 0 Å². The van der Waals surface area contributed by atoms with Gasteiger partial charge in [0.25, 0.3) is 0 Å². The van der Waals surface area contributed by atoms with E-state index in [1.54, 1.807) is 0 Å². The van der Waals surface area contributed by atoms with E-state index in [9.17, 15) is 0 Å². The van der Waals surface area contributed by atoms with Crippen molar-refractivity contribution in [2.45, 2.75) is 49.5 Å². The van der Waals surface area contributed by atoms with E-state index in [1.807, 2.05) is 0 Å². The quantitative estimate of drug-likeness (QED) is 0.781. The first kappa shape index (κ1) is 13.4. The summed E-state index contributed by atoms with van der Waals surface area (Å²) < 4.78 is 0. The van der Waals surface area contributed by atoms with Gasteiger partial charge in [0.2, 0.25) is 5.95 Å². The van der Waals surface area contributed by atoms with Crippen molar-refractivity contribution in [3.05, 3.63) is 35.7 Å². The molecule has 6 bridgehead atoms. The maximum absolute atomic E-state index is 6.77. The molecule has 2 aromatic rings. The fourth-order valence-electron chi connectivity index (χ4n) is 4.01. The predicted octanol–water partition coefficient (Wildman–Crippen LogP) is 2.42. The summed E-state index contributed by atoms with van der Waals surface area (Å²) in [6, 6.07) is 8.55. The highest BCUT2D eigenvalue weighted by molar-refractivity contribution is 5.57. The molecule has 23 heavy (non-hydrogen) atoms. The van der Waals surface area contributed by atoms with E-state index in [1.165, 1.54) is 18.4 Å². The van der Waals surface area contributed by atoms with Gasteiger partial charge in [-0.2, -0.15) is 9.97 Å². The molecule has 0 saturated heterocycles. The van der Waals surface area contributed by atoms with E-state index >= 15 is 0 Å². The highest BCUT2D eigenvalue weighted by Crippen LogP contribution is 2.51. The van der Waals surface area contributed by atoms with Crippen molar-refractivity contribution >= 4 is 5.95 Å². The first-order chi connectivity index (χ1) is 11.1. The minimum Gasteiger partial charge on any atom is -0.352 e. The van der Waals surface area contributed by atoms with Gasteiger partial charge in [-0.25, -0.2) is 4.98 Å². The first-order valence-electron chi connectivity index (χ1n) is 8.53. The Balaban J connectivity index is 1.76. The van der Waals surface area contributed by atoms with E-state index in [-0.39, 0.29) is 11.0 Å². The van der Waals surface area contributed by atoms with Gasteiger partial charge in [-0.15, -0.1) is 0 Å². The van der Waals surface area contributed by atoms with Gasteiger partial charge in [0, 0.05) is 23.1 Å². The van der Waals surface area contributed by atoms with E-state index in [0.717, 1.165) is 42.9 Å². The molecule has 4 aliphatic rings. The van der Waals surface area contributed by atoms with Gasteiger partial charge in [-0.3, -0.25) is 0 Å². The lowest BCUT2D eigenvalue weighted by Crippen LogP contribution is -2.49. The monoisotopic (exact) mass is 307 g/mol. The highest BCUT2D eigenvalue weighted by Gasteiger charge is 2.47. The molecule has 0 radical (unpaired) electrons. The number of nitrogens with zero attached hydrogens (tertiary/aromatic N) is 3. The standard InChI is InChI=1S/C18H21N5/c19-18-7-1-6-17(8-9-17)15-21-14(22-16(23-15)20-11-18)13-4-2-12(10-18)3-5-13/h2-5H,1,6-11,19H2,(H,20,21,22,23). The van der Waals surface area contributed by atoms with Crippen LogP contribution in [0.15, 0.2) is 24.3 Å². The van der Waals surface area contributed by atoms with Crippen LogP contribution in [0.25, 0.3) is 11.4 Å². The lowest BCUT2D eigenvalue weighted by atomic mass is 9.84. The second-order valence-corrected chi connectivity index (χ2v) is 7.53. The van der Waals surface area contributed by atoms with E-state index in [0.29, 0.717) is 12.5 Å². The molecule has 1 aliphatic carbocycles. The molecule has 5 heteroatoms. The minimum atomic E-state index is -0.258. The molecule has 6 rings (SSSR count). The summed E-state index contributed by atoms with van der Waals surface area (Å²) in [6.07, 6.45) is 6.54. The molecule has 1 aromatic carbocycles. The molecule has 1 fully saturated rings. The Morgan fingerprint density at radius 1 is 0.957 bits per heavy atom. The maximum atomic E-state index is 6.77. The van der Waals surface area contributed by atoms with Crippen molar-refractivity contribution in [1.82, 2.24) is 15.0 Å². The summed E-state index contributed by atoms with van der Waals surface area (Å²) >= 11 is 0. The van der Waals surface area contributed by atoms with Crippen molar-refractivity contribution in [2.24, 2.45) is 5.73 Å². The normalized spacial score (nSPS) is 27.0. The van der Waals surface area contributed by atoms with Gasteiger partial charge in [0.15, 0.2) is 5.82 Å². The van der Waals surface area contributed by atoms with Crippen LogP contribution in [-0.2, 0) is 11.8 Å². The van der Waals surface area contributed by atoms with Gasteiger partial charge < -0.3 is 11.1 Å². The van der Waals surface area contributed by atoms with Crippen LogP contribution in [0.4, 0.5) is 5.95 Å². The second kappa shape index (κ2) is 4.51. The molecule has 1 aromatic heterocycles. The summed E-state index contributed by atoms with van der Waals surface area (Å²) in [7, 11) is 0. The van der Waals surface area contributed by atoms with Crippen LogP contribution in [0.1, 0.15) is 43.5 Å². The molecule has 0 amide bonds. The Bertz CT molecular complexity index is 765. The number of hydrogen-bond acceptors (Lipinski definition) is 5. The van der Waals surface area contributed by atoms with Gasteiger partial charge in [-0.1, -0.05) is 30.7 Å². The SMILES string of the molecule is NC12CCCC3(CC3)c3nc(nc(n3)-c3ccc(cc3)C1)NC2. The summed E-state index contributed by atoms with van der Waals surface area (Å²) in [5.74, 6) is 2.43. The molecule has 1 spiro atoms. The van der Waals surface area contributed by atoms with Crippen molar-refractivity contribution in [3.8, 4) is 11.4 Å². The summed E-state index contributed by atoms with van der Waals surface area (Å²) in [5.41, 5.74) is 9.02. The number of nitrogens with one attached hydrogen (secondary N) is 1. The molecular formula is C18H21N5. The smallest absolute Gasteiger partial charge is 0.226 e. The number of aromatic nitrogens is 3. The van der Waals surface area contributed by atoms with Crippen LogP contribution in [0, 0.1) is 0 Å². The van der Waals surface area contributed by atoms with Gasteiger partial charge in [0.05, 0.1) is 0 Å². The van der Waals surface area contributed by atoms with E-state index < -0.39 is 0 Å². The van der Waals surface area contributed by atoms with Crippen molar-refractivity contribution in [2.75, 3.05) is 11.9 Å². The number of nitrogens with two attached hydrogens (primary N) is 1. The molecule has 3 N–H and O–H groups in total. The molecule has 4 heterocycles. The third kappa shape index (κ3) is 2.22. The van der Waals surface area contributed by atoms with E-state index in [4.69, 9.17) is 15.7 Å². The molecule has 1 unspecified atom stereocenters. The minimum absolute atomic E-state index is 0.166. The Labute approximate surface area is 135 Å². The Kier molecular flexibility index (Phi) is 2.63. The topological polar surface area (TPSA) is 76.7 Å². The lowest BCUT2D eigenvalue weighted by Gasteiger charge is -2.31. The van der Waals surface area contributed by atoms with Crippen LogP contribution < -0.4 is 11.1 Å². The third-order valence-electron chi connectivity index (χ3n) is 5.66. The molecule has 1 atom stereocenters. The Morgan fingerprint density at radius 3 is 2.57 bits per heavy atom. The Morgan fingerprint density at radius 2 is 1.78 bits per heavy atom. The predicted molar refractivity (Wildman–Crippen MR) is 89.1 cm³/mol. The number of benzene rings is 1. The second-order valence-electron chi connectivity index (χ2n) is 7.53. The number of anilines is 1. The van der Waals surface area contributed by atoms with E-state index in [2.05, 4.69) is 34.6 Å². The van der Waals surface area contributed by atoms with Crippen LogP contribution in [-0.4, -0.2) is 27.0 Å².